The third-order valence-electron chi connectivity index (χ3n) is 2.26. The van der Waals surface area contributed by atoms with E-state index in [1.54, 1.807) is 18.2 Å². The van der Waals surface area contributed by atoms with Gasteiger partial charge in [0.2, 0.25) is 0 Å². The number of benzene rings is 1. The van der Waals surface area contributed by atoms with E-state index in [4.69, 9.17) is 11.0 Å². The largest absolute Gasteiger partial charge is 0.398 e. The Morgan fingerprint density at radius 3 is 2.56 bits per heavy atom. The normalized spacial score (nSPS) is 13.1. The molecular weight excluding hydrogens is 220 g/mol. The van der Waals surface area contributed by atoms with Gasteiger partial charge in [0, 0.05) is 21.2 Å². The molecule has 4 heteroatoms. The first kappa shape index (κ1) is 12.7. The Morgan fingerprint density at radius 1 is 1.44 bits per heavy atom. The first-order valence-corrected chi connectivity index (χ1v) is 6.34. The molecule has 1 rings (SSSR count). The van der Waals surface area contributed by atoms with E-state index in [9.17, 15) is 4.21 Å². The van der Waals surface area contributed by atoms with Crippen molar-refractivity contribution in [2.45, 2.75) is 31.3 Å². The lowest BCUT2D eigenvalue weighted by Gasteiger charge is -2.18. The minimum Gasteiger partial charge on any atom is -0.398 e. The van der Waals surface area contributed by atoms with Gasteiger partial charge >= 0.3 is 0 Å². The summed E-state index contributed by atoms with van der Waals surface area (Å²) in [6.07, 6.45) is 0. The van der Waals surface area contributed by atoms with Crippen LogP contribution in [0.4, 0.5) is 5.69 Å². The lowest BCUT2D eigenvalue weighted by atomic mass is 10.1. The van der Waals surface area contributed by atoms with Gasteiger partial charge in [-0.3, -0.25) is 4.21 Å². The van der Waals surface area contributed by atoms with Gasteiger partial charge in [-0.05, 0) is 32.4 Å². The highest BCUT2D eigenvalue weighted by Gasteiger charge is 2.21. The average molecular weight is 236 g/mol. The fourth-order valence-corrected chi connectivity index (χ4v) is 2.19. The molecule has 0 aliphatic rings. The summed E-state index contributed by atoms with van der Waals surface area (Å²) in [5, 5.41) is 8.99. The summed E-state index contributed by atoms with van der Waals surface area (Å²) in [6.45, 7) is 5.75. The Labute approximate surface area is 98.7 Å². The van der Waals surface area contributed by atoms with Crippen molar-refractivity contribution >= 4 is 16.5 Å². The molecule has 0 fully saturated rings. The van der Waals surface area contributed by atoms with Gasteiger partial charge in [-0.1, -0.05) is 12.1 Å². The molecule has 0 saturated carbocycles. The van der Waals surface area contributed by atoms with Crippen molar-refractivity contribution in [3.05, 3.63) is 29.3 Å². The third-order valence-corrected chi connectivity index (χ3v) is 4.20. The lowest BCUT2D eigenvalue weighted by molar-refractivity contribution is 0.648. The van der Waals surface area contributed by atoms with Crippen LogP contribution in [0.5, 0.6) is 0 Å². The molecule has 3 nitrogen and oxygen atoms in total. The van der Waals surface area contributed by atoms with Crippen molar-refractivity contribution in [3.63, 3.8) is 0 Å². The number of nitriles is 1. The molecule has 1 aromatic carbocycles. The number of nitrogen functional groups attached to an aromatic ring is 1. The predicted molar refractivity (Wildman–Crippen MR) is 67.2 cm³/mol. The van der Waals surface area contributed by atoms with Gasteiger partial charge in [-0.15, -0.1) is 0 Å². The molecule has 0 aliphatic heterocycles. The van der Waals surface area contributed by atoms with Crippen LogP contribution in [0.25, 0.3) is 0 Å². The van der Waals surface area contributed by atoms with E-state index in [0.29, 0.717) is 17.0 Å². The second kappa shape index (κ2) is 4.67. The number of nitrogens with zero attached hydrogens (tertiary/aromatic N) is 1. The lowest BCUT2D eigenvalue weighted by Crippen LogP contribution is -2.23. The number of nitrogens with two attached hydrogens (primary N) is 1. The average Bonchev–Trinajstić information content (AvgIpc) is 2.16. The zero-order chi connectivity index (χ0) is 12.3. The maximum atomic E-state index is 12.0. The Bertz CT molecular complexity index is 455. The Hall–Kier alpha value is -1.34. The van der Waals surface area contributed by atoms with Crippen LogP contribution in [0.1, 0.15) is 31.9 Å². The van der Waals surface area contributed by atoms with Crippen molar-refractivity contribution < 1.29 is 4.21 Å². The fourth-order valence-electron chi connectivity index (χ4n) is 1.23. The highest BCUT2D eigenvalue weighted by atomic mass is 32.2. The number of hydrogen-bond donors (Lipinski definition) is 1. The first-order chi connectivity index (χ1) is 7.36. The molecule has 1 aromatic rings. The van der Waals surface area contributed by atoms with Crippen LogP contribution in [0, 0.1) is 11.3 Å². The molecule has 86 valence electrons. The number of hydrogen-bond acceptors (Lipinski definition) is 3. The SMILES string of the molecule is CC(C)(C)S(=O)Cc1cccc(N)c1C#N. The summed E-state index contributed by atoms with van der Waals surface area (Å²) in [6, 6.07) is 7.33. The second-order valence-corrected chi connectivity index (χ2v) is 6.80. The molecule has 16 heavy (non-hydrogen) atoms. The molecule has 0 spiro atoms. The summed E-state index contributed by atoms with van der Waals surface area (Å²) >= 11 is 0. The van der Waals surface area contributed by atoms with Gasteiger partial charge in [-0.2, -0.15) is 5.26 Å². The maximum absolute atomic E-state index is 12.0. The molecule has 0 bridgehead atoms. The highest BCUT2D eigenvalue weighted by Crippen LogP contribution is 2.21. The van der Waals surface area contributed by atoms with E-state index in [0.717, 1.165) is 5.56 Å². The minimum atomic E-state index is -1.02. The van der Waals surface area contributed by atoms with Crippen molar-refractivity contribution in [3.8, 4) is 6.07 Å². The summed E-state index contributed by atoms with van der Waals surface area (Å²) in [7, 11) is -1.02. The molecule has 0 aromatic heterocycles. The number of anilines is 1. The van der Waals surface area contributed by atoms with E-state index < -0.39 is 10.8 Å². The molecule has 0 amide bonds. The molecule has 1 unspecified atom stereocenters. The van der Waals surface area contributed by atoms with Gasteiger partial charge in [0.25, 0.3) is 0 Å². The van der Waals surface area contributed by atoms with Crippen LogP contribution in [0.15, 0.2) is 18.2 Å². The Balaban J connectivity index is 3.04. The summed E-state index contributed by atoms with van der Waals surface area (Å²) in [5.41, 5.74) is 7.35. The van der Waals surface area contributed by atoms with Crippen molar-refractivity contribution in [2.75, 3.05) is 5.73 Å². The van der Waals surface area contributed by atoms with Gasteiger partial charge in [0.1, 0.15) is 6.07 Å². The van der Waals surface area contributed by atoms with Gasteiger partial charge in [0.15, 0.2) is 0 Å². The summed E-state index contributed by atoms with van der Waals surface area (Å²) in [4.78, 5) is 0. The molecule has 1 atom stereocenters. The van der Waals surface area contributed by atoms with E-state index in [2.05, 4.69) is 6.07 Å². The van der Waals surface area contributed by atoms with E-state index in [-0.39, 0.29) is 4.75 Å². The third kappa shape index (κ3) is 2.83. The van der Waals surface area contributed by atoms with Gasteiger partial charge in [-0.25, -0.2) is 0 Å². The van der Waals surface area contributed by atoms with Gasteiger partial charge < -0.3 is 5.73 Å². The predicted octanol–water partition coefficient (Wildman–Crippen LogP) is 2.19. The van der Waals surface area contributed by atoms with E-state index >= 15 is 0 Å². The fraction of sp³-hybridized carbons (Fsp3) is 0.417. The zero-order valence-electron chi connectivity index (χ0n) is 9.78. The smallest absolute Gasteiger partial charge is 0.102 e. The van der Waals surface area contributed by atoms with Crippen LogP contribution < -0.4 is 5.73 Å². The molecule has 0 radical (unpaired) electrons. The Morgan fingerprint density at radius 2 is 2.06 bits per heavy atom. The van der Waals surface area contributed by atoms with Crippen molar-refractivity contribution in [1.29, 1.82) is 5.26 Å². The quantitative estimate of drug-likeness (QED) is 0.800. The van der Waals surface area contributed by atoms with Crippen LogP contribution in [0.3, 0.4) is 0 Å². The second-order valence-electron chi connectivity index (χ2n) is 4.60. The van der Waals surface area contributed by atoms with Crippen LogP contribution in [0.2, 0.25) is 0 Å². The monoisotopic (exact) mass is 236 g/mol. The summed E-state index contributed by atoms with van der Waals surface area (Å²) < 4.78 is 11.7. The van der Waals surface area contributed by atoms with Gasteiger partial charge in [0.05, 0.1) is 11.3 Å². The molecule has 2 N–H and O–H groups in total. The zero-order valence-corrected chi connectivity index (χ0v) is 10.6. The van der Waals surface area contributed by atoms with Crippen molar-refractivity contribution in [1.82, 2.24) is 0 Å². The number of rotatable bonds is 2. The molecule has 0 saturated heterocycles. The van der Waals surface area contributed by atoms with E-state index in [1.807, 2.05) is 20.8 Å². The van der Waals surface area contributed by atoms with Crippen molar-refractivity contribution in [2.24, 2.45) is 0 Å². The highest BCUT2D eigenvalue weighted by molar-refractivity contribution is 7.85. The summed E-state index contributed by atoms with van der Waals surface area (Å²) in [5.74, 6) is 0.372. The maximum Gasteiger partial charge on any atom is 0.102 e. The van der Waals surface area contributed by atoms with Crippen LogP contribution in [-0.4, -0.2) is 8.96 Å². The molecule has 0 aliphatic carbocycles. The van der Waals surface area contributed by atoms with Crippen LogP contribution >= 0.6 is 0 Å². The van der Waals surface area contributed by atoms with Crippen LogP contribution in [-0.2, 0) is 16.6 Å². The van der Waals surface area contributed by atoms with E-state index in [1.165, 1.54) is 0 Å². The topological polar surface area (TPSA) is 66.9 Å². The molecule has 0 heterocycles. The molecular formula is C12H16N2OS. The minimum absolute atomic E-state index is 0.280. The standard InChI is InChI=1S/C12H16N2OS/c1-12(2,3)16(15)8-9-5-4-6-11(14)10(9)7-13/h4-6H,8,14H2,1-3H3. The first-order valence-electron chi connectivity index (χ1n) is 5.02. The Kier molecular flexibility index (Phi) is 3.71.